The third kappa shape index (κ3) is 9.42. The monoisotopic (exact) mass is 258 g/mol. The predicted octanol–water partition coefficient (Wildman–Crippen LogP) is 1.67. The van der Waals surface area contributed by atoms with Gasteiger partial charge in [-0.05, 0) is 43.6 Å². The molecular weight excluding hydrogens is 228 g/mol. The zero-order chi connectivity index (χ0) is 14.0. The molecule has 4 heteroatoms. The number of nitrogens with two attached hydrogens (primary N) is 1. The van der Waals surface area contributed by atoms with E-state index in [1.54, 1.807) is 0 Å². The summed E-state index contributed by atoms with van der Waals surface area (Å²) in [7, 11) is 0. The van der Waals surface area contributed by atoms with Crippen molar-refractivity contribution in [3.05, 3.63) is 0 Å². The number of aliphatic hydroxyl groups excluding tert-OH is 1. The van der Waals surface area contributed by atoms with E-state index in [9.17, 15) is 4.79 Å². The van der Waals surface area contributed by atoms with E-state index >= 15 is 0 Å². The first kappa shape index (κ1) is 17.4. The molecule has 4 nitrogen and oxygen atoms in total. The summed E-state index contributed by atoms with van der Waals surface area (Å²) in [6.07, 6.45) is 4.18. The SMILES string of the molecule is CC(CCN)CCC(=O)NCC(C)(C)CCCO. The van der Waals surface area contributed by atoms with Crippen LogP contribution in [0.4, 0.5) is 0 Å². The Labute approximate surface area is 111 Å². The Morgan fingerprint density at radius 3 is 2.61 bits per heavy atom. The van der Waals surface area contributed by atoms with E-state index in [0.29, 0.717) is 25.4 Å². The van der Waals surface area contributed by atoms with Crippen molar-refractivity contribution in [2.75, 3.05) is 19.7 Å². The minimum atomic E-state index is 0.0568. The highest BCUT2D eigenvalue weighted by molar-refractivity contribution is 5.75. The molecule has 0 aromatic rings. The molecule has 0 fully saturated rings. The van der Waals surface area contributed by atoms with Crippen LogP contribution in [0, 0.1) is 11.3 Å². The molecule has 1 amide bonds. The summed E-state index contributed by atoms with van der Waals surface area (Å²) in [5.74, 6) is 0.638. The van der Waals surface area contributed by atoms with Gasteiger partial charge in [-0.1, -0.05) is 20.8 Å². The van der Waals surface area contributed by atoms with Crippen LogP contribution in [0.5, 0.6) is 0 Å². The van der Waals surface area contributed by atoms with Gasteiger partial charge in [0.25, 0.3) is 0 Å². The molecule has 0 aromatic carbocycles. The number of carbonyl (C=O) groups excluding carboxylic acids is 1. The number of aliphatic hydroxyl groups is 1. The maximum absolute atomic E-state index is 11.7. The fourth-order valence-corrected chi connectivity index (χ4v) is 1.88. The summed E-state index contributed by atoms with van der Waals surface area (Å²) < 4.78 is 0. The number of carbonyl (C=O) groups is 1. The first-order chi connectivity index (χ1) is 8.41. The number of rotatable bonds is 10. The molecule has 0 heterocycles. The van der Waals surface area contributed by atoms with Crippen molar-refractivity contribution in [2.24, 2.45) is 17.1 Å². The van der Waals surface area contributed by atoms with Crippen LogP contribution in [0.15, 0.2) is 0 Å². The normalized spacial score (nSPS) is 13.4. The molecule has 0 saturated carbocycles. The molecular formula is C14H30N2O2. The van der Waals surface area contributed by atoms with Crippen LogP contribution in [0.2, 0.25) is 0 Å². The second kappa shape index (κ2) is 9.34. The van der Waals surface area contributed by atoms with Crippen LogP contribution in [0.25, 0.3) is 0 Å². The van der Waals surface area contributed by atoms with E-state index < -0.39 is 0 Å². The fraction of sp³-hybridized carbons (Fsp3) is 0.929. The van der Waals surface area contributed by atoms with Gasteiger partial charge in [-0.3, -0.25) is 4.79 Å². The Kier molecular flexibility index (Phi) is 9.02. The van der Waals surface area contributed by atoms with Gasteiger partial charge in [-0.25, -0.2) is 0 Å². The zero-order valence-electron chi connectivity index (χ0n) is 12.2. The predicted molar refractivity (Wildman–Crippen MR) is 75.2 cm³/mol. The molecule has 0 saturated heterocycles. The largest absolute Gasteiger partial charge is 0.396 e. The minimum absolute atomic E-state index is 0.0568. The Hall–Kier alpha value is -0.610. The molecule has 0 rings (SSSR count). The highest BCUT2D eigenvalue weighted by Gasteiger charge is 2.18. The van der Waals surface area contributed by atoms with Gasteiger partial charge in [-0.2, -0.15) is 0 Å². The zero-order valence-corrected chi connectivity index (χ0v) is 12.2. The maximum atomic E-state index is 11.7. The van der Waals surface area contributed by atoms with Crippen molar-refractivity contribution in [1.29, 1.82) is 0 Å². The third-order valence-electron chi connectivity index (χ3n) is 3.30. The average Bonchev–Trinajstić information content (AvgIpc) is 2.32. The Balaban J connectivity index is 3.75. The van der Waals surface area contributed by atoms with Crippen molar-refractivity contribution in [1.82, 2.24) is 5.32 Å². The van der Waals surface area contributed by atoms with E-state index in [2.05, 4.69) is 26.1 Å². The van der Waals surface area contributed by atoms with Crippen LogP contribution in [-0.2, 0) is 4.79 Å². The summed E-state index contributed by atoms with van der Waals surface area (Å²) >= 11 is 0. The van der Waals surface area contributed by atoms with Gasteiger partial charge < -0.3 is 16.2 Å². The van der Waals surface area contributed by atoms with E-state index in [1.165, 1.54) is 0 Å². The average molecular weight is 258 g/mol. The molecule has 0 bridgehead atoms. The molecule has 1 atom stereocenters. The molecule has 0 aliphatic carbocycles. The topological polar surface area (TPSA) is 75.4 Å². The lowest BCUT2D eigenvalue weighted by atomic mass is 9.88. The minimum Gasteiger partial charge on any atom is -0.396 e. The molecule has 108 valence electrons. The van der Waals surface area contributed by atoms with Gasteiger partial charge in [0.05, 0.1) is 0 Å². The van der Waals surface area contributed by atoms with Gasteiger partial charge in [0.15, 0.2) is 0 Å². The van der Waals surface area contributed by atoms with E-state index in [0.717, 1.165) is 25.7 Å². The molecule has 18 heavy (non-hydrogen) atoms. The Morgan fingerprint density at radius 2 is 2.06 bits per heavy atom. The first-order valence-corrected chi connectivity index (χ1v) is 6.99. The van der Waals surface area contributed by atoms with Gasteiger partial charge in [0.2, 0.25) is 5.91 Å². The lowest BCUT2D eigenvalue weighted by molar-refractivity contribution is -0.121. The summed E-state index contributed by atoms with van der Waals surface area (Å²) in [6, 6.07) is 0. The number of hydrogen-bond donors (Lipinski definition) is 3. The number of amides is 1. The third-order valence-corrected chi connectivity index (χ3v) is 3.30. The van der Waals surface area contributed by atoms with Crippen LogP contribution in [-0.4, -0.2) is 30.7 Å². The lowest BCUT2D eigenvalue weighted by Crippen LogP contribution is -2.34. The van der Waals surface area contributed by atoms with Crippen molar-refractivity contribution in [3.63, 3.8) is 0 Å². The molecule has 0 radical (unpaired) electrons. The van der Waals surface area contributed by atoms with Crippen LogP contribution >= 0.6 is 0 Å². The number of nitrogens with one attached hydrogen (secondary N) is 1. The molecule has 1 unspecified atom stereocenters. The summed E-state index contributed by atoms with van der Waals surface area (Å²) in [6.45, 7) is 7.94. The highest BCUT2D eigenvalue weighted by atomic mass is 16.2. The molecule has 0 spiro atoms. The molecule has 0 aromatic heterocycles. The Bertz CT molecular complexity index is 230. The molecule has 0 aliphatic rings. The van der Waals surface area contributed by atoms with Crippen LogP contribution in [0.1, 0.15) is 52.9 Å². The van der Waals surface area contributed by atoms with Crippen molar-refractivity contribution in [2.45, 2.75) is 52.9 Å². The van der Waals surface area contributed by atoms with E-state index in [1.807, 2.05) is 0 Å². The number of hydrogen-bond acceptors (Lipinski definition) is 3. The summed E-state index contributed by atoms with van der Waals surface area (Å²) in [4.78, 5) is 11.7. The fourth-order valence-electron chi connectivity index (χ4n) is 1.88. The van der Waals surface area contributed by atoms with Gasteiger partial charge >= 0.3 is 0 Å². The van der Waals surface area contributed by atoms with Gasteiger partial charge in [-0.15, -0.1) is 0 Å². The molecule has 0 aliphatic heterocycles. The smallest absolute Gasteiger partial charge is 0.220 e. The lowest BCUT2D eigenvalue weighted by Gasteiger charge is -2.24. The van der Waals surface area contributed by atoms with Crippen molar-refractivity contribution < 1.29 is 9.90 Å². The Morgan fingerprint density at radius 1 is 1.39 bits per heavy atom. The quantitative estimate of drug-likeness (QED) is 0.558. The van der Waals surface area contributed by atoms with Crippen LogP contribution in [0.3, 0.4) is 0 Å². The maximum Gasteiger partial charge on any atom is 0.220 e. The molecule has 4 N–H and O–H groups in total. The standard InChI is InChI=1S/C14H30N2O2/c1-12(7-9-15)5-6-13(18)16-11-14(2,3)8-4-10-17/h12,17H,4-11,15H2,1-3H3,(H,16,18). The second-order valence-corrected chi connectivity index (χ2v) is 5.99. The highest BCUT2D eigenvalue weighted by Crippen LogP contribution is 2.20. The first-order valence-electron chi connectivity index (χ1n) is 6.99. The second-order valence-electron chi connectivity index (χ2n) is 5.99. The van der Waals surface area contributed by atoms with Crippen molar-refractivity contribution in [3.8, 4) is 0 Å². The van der Waals surface area contributed by atoms with Crippen LogP contribution < -0.4 is 11.1 Å². The summed E-state index contributed by atoms with van der Waals surface area (Å²) in [5.41, 5.74) is 5.53. The van der Waals surface area contributed by atoms with Gasteiger partial charge in [0.1, 0.15) is 0 Å². The van der Waals surface area contributed by atoms with Crippen molar-refractivity contribution >= 4 is 5.91 Å². The van der Waals surface area contributed by atoms with Gasteiger partial charge in [0, 0.05) is 19.6 Å². The van der Waals surface area contributed by atoms with E-state index in [-0.39, 0.29) is 17.9 Å². The summed E-state index contributed by atoms with van der Waals surface area (Å²) in [5, 5.41) is 11.8. The van der Waals surface area contributed by atoms with E-state index in [4.69, 9.17) is 10.8 Å².